The van der Waals surface area contributed by atoms with Gasteiger partial charge in [-0.05, 0) is 30.1 Å². The van der Waals surface area contributed by atoms with E-state index in [4.69, 9.17) is 0 Å². The minimum atomic E-state index is 0.872. The molecule has 122 valence electrons. The molecule has 0 heteroatoms. The van der Waals surface area contributed by atoms with E-state index in [1.165, 1.54) is 64.2 Å². The van der Waals surface area contributed by atoms with E-state index in [0.29, 0.717) is 0 Å². The third-order valence-corrected chi connectivity index (χ3v) is 5.06. The number of hydrogen-bond donors (Lipinski definition) is 0. The van der Waals surface area contributed by atoms with E-state index in [2.05, 4.69) is 41.5 Å². The predicted molar refractivity (Wildman–Crippen MR) is 94.2 cm³/mol. The summed E-state index contributed by atoms with van der Waals surface area (Å²) < 4.78 is 0. The van der Waals surface area contributed by atoms with Crippen molar-refractivity contribution in [3.8, 4) is 0 Å². The first-order chi connectivity index (χ1) is 9.51. The zero-order chi connectivity index (χ0) is 15.4. The molecule has 0 spiro atoms. The minimum absolute atomic E-state index is 0.872. The van der Waals surface area contributed by atoms with Gasteiger partial charge in [0.1, 0.15) is 0 Å². The van der Waals surface area contributed by atoms with Gasteiger partial charge < -0.3 is 0 Å². The molecule has 0 amide bonds. The van der Waals surface area contributed by atoms with Crippen LogP contribution in [0.2, 0.25) is 0 Å². The van der Waals surface area contributed by atoms with Crippen molar-refractivity contribution in [2.75, 3.05) is 0 Å². The average Bonchev–Trinajstić information content (AvgIpc) is 2.39. The van der Waals surface area contributed by atoms with Crippen molar-refractivity contribution in [3.63, 3.8) is 0 Å². The third kappa shape index (κ3) is 10.7. The highest BCUT2D eigenvalue weighted by Gasteiger charge is 2.13. The van der Waals surface area contributed by atoms with Gasteiger partial charge in [-0.1, -0.05) is 99.3 Å². The zero-order valence-electron chi connectivity index (χ0n) is 15.4. The van der Waals surface area contributed by atoms with Crippen LogP contribution in [0.15, 0.2) is 0 Å². The summed E-state index contributed by atoms with van der Waals surface area (Å²) in [5.74, 6) is 3.73. The fraction of sp³-hybridized carbons (Fsp3) is 1.00. The molecule has 0 aromatic rings. The molecule has 3 unspecified atom stereocenters. The van der Waals surface area contributed by atoms with Crippen molar-refractivity contribution in [2.24, 2.45) is 23.7 Å². The molecule has 0 aromatic carbocycles. The van der Waals surface area contributed by atoms with E-state index in [-0.39, 0.29) is 0 Å². The lowest BCUT2D eigenvalue weighted by atomic mass is 9.84. The molecule has 0 nitrogen and oxygen atoms in total. The van der Waals surface area contributed by atoms with Gasteiger partial charge in [0.05, 0.1) is 0 Å². The van der Waals surface area contributed by atoms with Crippen LogP contribution in [0, 0.1) is 23.7 Å². The van der Waals surface area contributed by atoms with Crippen LogP contribution in [0.25, 0.3) is 0 Å². The summed E-state index contributed by atoms with van der Waals surface area (Å²) in [6, 6.07) is 0. The fourth-order valence-electron chi connectivity index (χ4n) is 3.45. The smallest absolute Gasteiger partial charge is 0.0391 e. The third-order valence-electron chi connectivity index (χ3n) is 5.06. The number of unbranched alkanes of at least 4 members (excludes halogenated alkanes) is 1. The Hall–Kier alpha value is 0. The summed E-state index contributed by atoms with van der Waals surface area (Å²) >= 11 is 0. The van der Waals surface area contributed by atoms with Gasteiger partial charge in [-0.15, -0.1) is 0 Å². The van der Waals surface area contributed by atoms with Gasteiger partial charge in [-0.2, -0.15) is 0 Å². The van der Waals surface area contributed by atoms with Crippen LogP contribution in [0.5, 0.6) is 0 Å². The predicted octanol–water partition coefficient (Wildman–Crippen LogP) is 7.47. The summed E-state index contributed by atoms with van der Waals surface area (Å²) in [6.45, 7) is 14.3. The molecule has 0 N–H and O–H groups in total. The second-order valence-corrected chi connectivity index (χ2v) is 7.65. The maximum atomic E-state index is 2.47. The van der Waals surface area contributed by atoms with Crippen LogP contribution in [-0.4, -0.2) is 0 Å². The van der Waals surface area contributed by atoms with Crippen LogP contribution in [0.4, 0.5) is 0 Å². The Morgan fingerprint density at radius 3 is 1.50 bits per heavy atom. The monoisotopic (exact) mass is 282 g/mol. The van der Waals surface area contributed by atoms with E-state index < -0.39 is 0 Å². The Kier molecular flexibility index (Phi) is 12.7. The highest BCUT2D eigenvalue weighted by atomic mass is 14.2. The van der Waals surface area contributed by atoms with Gasteiger partial charge in [0.25, 0.3) is 0 Å². The molecule has 3 atom stereocenters. The lowest BCUT2D eigenvalue weighted by molar-refractivity contribution is 0.297. The number of hydrogen-bond acceptors (Lipinski definition) is 0. The molecule has 0 rings (SSSR count). The van der Waals surface area contributed by atoms with Crippen molar-refractivity contribution < 1.29 is 0 Å². The zero-order valence-corrected chi connectivity index (χ0v) is 15.4. The molecule has 0 radical (unpaired) electrons. The average molecular weight is 283 g/mol. The molecular weight excluding hydrogens is 240 g/mol. The standard InChI is InChI=1S/C20H42/c1-7-11-18(5)13-9-10-14-19(6)15-16-20(12-8-2)17(3)4/h17-20H,7-16H2,1-6H3. The van der Waals surface area contributed by atoms with Gasteiger partial charge in [0.2, 0.25) is 0 Å². The summed E-state index contributed by atoms with van der Waals surface area (Å²) in [5, 5.41) is 0. The van der Waals surface area contributed by atoms with Crippen LogP contribution in [0.1, 0.15) is 106 Å². The molecule has 0 heterocycles. The Bertz CT molecular complexity index is 194. The van der Waals surface area contributed by atoms with Crippen LogP contribution in [0.3, 0.4) is 0 Å². The maximum absolute atomic E-state index is 2.47. The van der Waals surface area contributed by atoms with Gasteiger partial charge in [0.15, 0.2) is 0 Å². The van der Waals surface area contributed by atoms with E-state index in [0.717, 1.165) is 23.7 Å². The quantitative estimate of drug-likeness (QED) is 0.307. The second-order valence-electron chi connectivity index (χ2n) is 7.65. The van der Waals surface area contributed by atoms with Gasteiger partial charge >= 0.3 is 0 Å². The normalized spacial score (nSPS) is 16.4. The summed E-state index contributed by atoms with van der Waals surface area (Å²) in [6.07, 6.45) is 14.3. The van der Waals surface area contributed by atoms with Crippen LogP contribution in [-0.2, 0) is 0 Å². The molecule has 0 aromatic heterocycles. The topological polar surface area (TPSA) is 0 Å². The lowest BCUT2D eigenvalue weighted by Crippen LogP contribution is -2.10. The molecule has 20 heavy (non-hydrogen) atoms. The van der Waals surface area contributed by atoms with Crippen molar-refractivity contribution in [1.29, 1.82) is 0 Å². The van der Waals surface area contributed by atoms with Gasteiger partial charge in [0, 0.05) is 0 Å². The minimum Gasteiger partial charge on any atom is -0.0654 e. The highest BCUT2D eigenvalue weighted by molar-refractivity contribution is 4.65. The summed E-state index contributed by atoms with van der Waals surface area (Å²) in [7, 11) is 0. The second kappa shape index (κ2) is 12.7. The SMILES string of the molecule is CCCC(C)CCCCC(C)CCC(CCC)C(C)C. The van der Waals surface area contributed by atoms with Crippen molar-refractivity contribution in [3.05, 3.63) is 0 Å². The maximum Gasteiger partial charge on any atom is -0.0391 e. The van der Waals surface area contributed by atoms with Crippen molar-refractivity contribution in [2.45, 2.75) is 106 Å². The number of rotatable bonds is 13. The molecular formula is C20H42. The molecule has 0 saturated carbocycles. The van der Waals surface area contributed by atoms with E-state index in [1.807, 2.05) is 0 Å². The van der Waals surface area contributed by atoms with Crippen molar-refractivity contribution in [1.82, 2.24) is 0 Å². The summed E-state index contributed by atoms with van der Waals surface area (Å²) in [5.41, 5.74) is 0. The van der Waals surface area contributed by atoms with E-state index >= 15 is 0 Å². The van der Waals surface area contributed by atoms with Crippen LogP contribution >= 0.6 is 0 Å². The van der Waals surface area contributed by atoms with E-state index in [9.17, 15) is 0 Å². The fourth-order valence-corrected chi connectivity index (χ4v) is 3.45. The van der Waals surface area contributed by atoms with E-state index in [1.54, 1.807) is 0 Å². The largest absolute Gasteiger partial charge is 0.0654 e. The lowest BCUT2D eigenvalue weighted by Gasteiger charge is -2.22. The van der Waals surface area contributed by atoms with Gasteiger partial charge in [-0.25, -0.2) is 0 Å². The van der Waals surface area contributed by atoms with Crippen LogP contribution < -0.4 is 0 Å². The molecule has 0 aliphatic carbocycles. The molecule has 0 saturated heterocycles. The van der Waals surface area contributed by atoms with Crippen molar-refractivity contribution >= 4 is 0 Å². The molecule has 0 bridgehead atoms. The molecule has 0 aliphatic rings. The molecule has 0 aliphatic heterocycles. The first-order valence-corrected chi connectivity index (χ1v) is 9.51. The highest BCUT2D eigenvalue weighted by Crippen LogP contribution is 2.26. The first-order valence-electron chi connectivity index (χ1n) is 9.51. The Morgan fingerprint density at radius 2 is 1.05 bits per heavy atom. The Labute approximate surface area is 130 Å². The van der Waals surface area contributed by atoms with Gasteiger partial charge in [-0.3, -0.25) is 0 Å². The first kappa shape index (κ1) is 20.0. The Balaban J connectivity index is 3.64. The Morgan fingerprint density at radius 1 is 0.550 bits per heavy atom. The summed E-state index contributed by atoms with van der Waals surface area (Å²) in [4.78, 5) is 0. The molecule has 0 fully saturated rings.